The monoisotopic (exact) mass is 173 g/mol. The maximum atomic E-state index is 9.47. The maximum absolute atomic E-state index is 9.47. The molecule has 0 atom stereocenters. The molecule has 0 heterocycles. The molecule has 0 aliphatic rings. The molecule has 0 spiro atoms. The Hall–Kier alpha value is -0.167. The molecular formula is C3H5NORu. The number of carbonyl (C=O) groups excluding carboxylic acids is 1. The number of nitrogens with two attached hydrogens (primary N) is 1. The Bertz CT molecular complexity index is 61.8. The molecule has 3 heteroatoms. The van der Waals surface area contributed by atoms with E-state index in [2.05, 4.69) is 12.3 Å². The van der Waals surface area contributed by atoms with E-state index >= 15 is 0 Å². The van der Waals surface area contributed by atoms with Crippen molar-refractivity contribution in [1.82, 2.24) is 0 Å². The second-order valence-corrected chi connectivity index (χ2v) is 0.606. The van der Waals surface area contributed by atoms with E-state index in [0.29, 0.717) is 0 Å². The van der Waals surface area contributed by atoms with Gasteiger partial charge in [0, 0.05) is 19.5 Å². The first-order valence-electron chi connectivity index (χ1n) is 1.19. The third-order valence-corrected chi connectivity index (χ3v) is 0.201. The topological polar surface area (TPSA) is 43.1 Å². The van der Waals surface area contributed by atoms with Crippen molar-refractivity contribution in [3.63, 3.8) is 0 Å². The average molecular weight is 172 g/mol. The molecule has 1 amide bonds. The Labute approximate surface area is 49.2 Å². The normalized spacial score (nSPS) is 5.33. The van der Waals surface area contributed by atoms with Crippen LogP contribution in [0.5, 0.6) is 0 Å². The van der Waals surface area contributed by atoms with Crippen LogP contribution in [0.3, 0.4) is 0 Å². The molecule has 0 unspecified atom stereocenters. The summed E-state index contributed by atoms with van der Waals surface area (Å²) in [6, 6.07) is 0. The number of hydrogen-bond donors (Lipinski definition) is 1. The van der Waals surface area contributed by atoms with Gasteiger partial charge in [-0.1, -0.05) is 6.58 Å². The van der Waals surface area contributed by atoms with Gasteiger partial charge < -0.3 is 5.73 Å². The second-order valence-electron chi connectivity index (χ2n) is 0.606. The first-order valence-corrected chi connectivity index (χ1v) is 1.19. The van der Waals surface area contributed by atoms with Gasteiger partial charge in [-0.2, -0.15) is 0 Å². The number of amides is 1. The zero-order chi connectivity index (χ0) is 4.28. The van der Waals surface area contributed by atoms with Crippen LogP contribution in [0.15, 0.2) is 12.7 Å². The molecule has 0 radical (unpaired) electrons. The first kappa shape index (κ1) is 9.27. The van der Waals surface area contributed by atoms with Crippen LogP contribution in [-0.4, -0.2) is 5.91 Å². The van der Waals surface area contributed by atoms with E-state index in [1.165, 1.54) is 0 Å². The third kappa shape index (κ3) is 9.16. The standard InChI is InChI=1S/C3H5NO.Ru/c1-2-3(4)5;/h2H,1H2,(H2,4,5);. The molecule has 36 valence electrons. The van der Waals surface area contributed by atoms with Gasteiger partial charge >= 0.3 is 0 Å². The van der Waals surface area contributed by atoms with Crippen molar-refractivity contribution in [3.8, 4) is 0 Å². The van der Waals surface area contributed by atoms with Gasteiger partial charge in [-0.25, -0.2) is 0 Å². The minimum atomic E-state index is -0.481. The minimum absolute atomic E-state index is 0. The molecule has 0 aromatic carbocycles. The van der Waals surface area contributed by atoms with Crippen molar-refractivity contribution in [2.75, 3.05) is 0 Å². The van der Waals surface area contributed by atoms with Crippen LogP contribution >= 0.6 is 0 Å². The molecule has 0 rings (SSSR count). The Balaban J connectivity index is 0. The molecule has 2 nitrogen and oxygen atoms in total. The zero-order valence-corrected chi connectivity index (χ0v) is 4.86. The van der Waals surface area contributed by atoms with Crippen LogP contribution in [-0.2, 0) is 24.3 Å². The fraction of sp³-hybridized carbons (Fsp3) is 0. The van der Waals surface area contributed by atoms with Gasteiger partial charge in [0.25, 0.3) is 0 Å². The summed E-state index contributed by atoms with van der Waals surface area (Å²) in [5.74, 6) is -0.481. The summed E-state index contributed by atoms with van der Waals surface area (Å²) >= 11 is 0. The van der Waals surface area contributed by atoms with Crippen LogP contribution in [0.25, 0.3) is 0 Å². The summed E-state index contributed by atoms with van der Waals surface area (Å²) in [6.45, 7) is 3.09. The Morgan fingerprint density at radius 1 is 1.83 bits per heavy atom. The largest absolute Gasteiger partial charge is 0.366 e. The Morgan fingerprint density at radius 2 is 2.00 bits per heavy atom. The van der Waals surface area contributed by atoms with Crippen molar-refractivity contribution < 1.29 is 24.3 Å². The molecule has 0 aromatic heterocycles. The van der Waals surface area contributed by atoms with Crippen molar-refractivity contribution >= 4 is 5.91 Å². The zero-order valence-electron chi connectivity index (χ0n) is 3.12. The SMILES string of the molecule is C=CC(N)=O.[Ru]. The van der Waals surface area contributed by atoms with Gasteiger partial charge in [0.1, 0.15) is 0 Å². The van der Waals surface area contributed by atoms with E-state index in [9.17, 15) is 4.79 Å². The number of carbonyl (C=O) groups is 1. The predicted molar refractivity (Wildman–Crippen MR) is 19.4 cm³/mol. The predicted octanol–water partition coefficient (Wildman–Crippen LogP) is -0.345. The van der Waals surface area contributed by atoms with Gasteiger partial charge in [0.05, 0.1) is 0 Å². The van der Waals surface area contributed by atoms with Crippen LogP contribution in [0.1, 0.15) is 0 Å². The smallest absolute Gasteiger partial charge is 0.240 e. The van der Waals surface area contributed by atoms with Crippen LogP contribution in [0, 0.1) is 0 Å². The summed E-state index contributed by atoms with van der Waals surface area (Å²) in [4.78, 5) is 9.47. The van der Waals surface area contributed by atoms with E-state index in [-0.39, 0.29) is 19.5 Å². The maximum Gasteiger partial charge on any atom is 0.240 e. The first-order chi connectivity index (χ1) is 2.27. The fourth-order valence-electron chi connectivity index (χ4n) is 0. The summed E-state index contributed by atoms with van der Waals surface area (Å²) in [5, 5.41) is 0. The summed E-state index contributed by atoms with van der Waals surface area (Å²) in [6.07, 6.45) is 1.06. The molecule has 0 saturated carbocycles. The van der Waals surface area contributed by atoms with Crippen LogP contribution in [0.4, 0.5) is 0 Å². The van der Waals surface area contributed by atoms with Gasteiger partial charge in [-0.15, -0.1) is 0 Å². The molecule has 0 fully saturated rings. The number of rotatable bonds is 1. The van der Waals surface area contributed by atoms with Crippen molar-refractivity contribution in [2.24, 2.45) is 5.73 Å². The van der Waals surface area contributed by atoms with E-state index in [4.69, 9.17) is 0 Å². The Kier molecular flexibility index (Phi) is 7.47. The van der Waals surface area contributed by atoms with Crippen molar-refractivity contribution in [1.29, 1.82) is 0 Å². The van der Waals surface area contributed by atoms with Crippen molar-refractivity contribution in [3.05, 3.63) is 12.7 Å². The van der Waals surface area contributed by atoms with Crippen molar-refractivity contribution in [2.45, 2.75) is 0 Å². The van der Waals surface area contributed by atoms with E-state index < -0.39 is 5.91 Å². The fourth-order valence-corrected chi connectivity index (χ4v) is 0. The molecule has 0 saturated heterocycles. The van der Waals surface area contributed by atoms with Gasteiger partial charge in [0.15, 0.2) is 0 Å². The summed E-state index contributed by atoms with van der Waals surface area (Å²) in [7, 11) is 0. The molecule has 0 aromatic rings. The third-order valence-electron chi connectivity index (χ3n) is 0.201. The van der Waals surface area contributed by atoms with Gasteiger partial charge in [-0.05, 0) is 6.08 Å². The Morgan fingerprint density at radius 3 is 2.00 bits per heavy atom. The molecule has 0 aliphatic carbocycles. The van der Waals surface area contributed by atoms with Gasteiger partial charge in [0.2, 0.25) is 5.91 Å². The van der Waals surface area contributed by atoms with E-state index in [0.717, 1.165) is 6.08 Å². The van der Waals surface area contributed by atoms with E-state index in [1.54, 1.807) is 0 Å². The molecule has 0 bridgehead atoms. The minimum Gasteiger partial charge on any atom is -0.366 e. The molecular weight excluding hydrogens is 167 g/mol. The number of primary amides is 1. The van der Waals surface area contributed by atoms with E-state index in [1.807, 2.05) is 0 Å². The average Bonchev–Trinajstić information content (AvgIpc) is 1.38. The number of hydrogen-bond acceptors (Lipinski definition) is 1. The molecule has 6 heavy (non-hydrogen) atoms. The van der Waals surface area contributed by atoms with Crippen LogP contribution in [0.2, 0.25) is 0 Å². The molecule has 0 aliphatic heterocycles. The quantitative estimate of drug-likeness (QED) is 0.426. The second kappa shape index (κ2) is 4.83. The summed E-state index contributed by atoms with van der Waals surface area (Å²) < 4.78 is 0. The van der Waals surface area contributed by atoms with Gasteiger partial charge in [-0.3, -0.25) is 4.79 Å². The van der Waals surface area contributed by atoms with Crippen LogP contribution < -0.4 is 5.73 Å². The summed E-state index contributed by atoms with van der Waals surface area (Å²) in [5.41, 5.74) is 4.53. The molecule has 2 N–H and O–H groups in total.